The maximum absolute atomic E-state index is 6.44. The molecule has 0 unspecified atom stereocenters. The third-order valence-corrected chi connectivity index (χ3v) is 10.8. The number of anilines is 2. The summed E-state index contributed by atoms with van der Waals surface area (Å²) in [4.78, 5) is 4.96. The molecule has 0 atom stereocenters. The van der Waals surface area contributed by atoms with Crippen molar-refractivity contribution < 1.29 is 4.42 Å². The summed E-state index contributed by atoms with van der Waals surface area (Å²) in [5.74, 6) is 0.634. The lowest BCUT2D eigenvalue weighted by atomic mass is 9.58. The van der Waals surface area contributed by atoms with Gasteiger partial charge in [0.1, 0.15) is 5.52 Å². The summed E-state index contributed by atoms with van der Waals surface area (Å²) in [5.41, 5.74) is 15.6. The second-order valence-corrected chi connectivity index (χ2v) is 14.2. The number of hydrogen-bond acceptors (Lipinski definition) is 3. The summed E-state index contributed by atoms with van der Waals surface area (Å²) in [6, 6.07) is 48.0. The fourth-order valence-electron chi connectivity index (χ4n) is 8.21. The number of rotatable bonds is 8. The monoisotopic (exact) mass is 670 g/mol. The summed E-state index contributed by atoms with van der Waals surface area (Å²) < 4.78 is 8.91. The van der Waals surface area contributed by atoms with Crippen molar-refractivity contribution in [1.29, 1.82) is 0 Å². The minimum Gasteiger partial charge on any atom is -0.436 e. The topological polar surface area (TPSA) is 43.0 Å². The maximum atomic E-state index is 6.44. The van der Waals surface area contributed by atoms with E-state index in [4.69, 9.17) is 9.40 Å². The largest absolute Gasteiger partial charge is 0.436 e. The lowest BCUT2D eigenvalue weighted by Crippen LogP contribution is -2.37. The van der Waals surface area contributed by atoms with E-state index in [-0.39, 0.29) is 0 Å². The zero-order chi connectivity index (χ0) is 34.8. The van der Waals surface area contributed by atoms with Crippen LogP contribution in [-0.2, 0) is 6.42 Å². The third kappa shape index (κ3) is 5.03. The first-order chi connectivity index (χ1) is 25.6. The van der Waals surface area contributed by atoms with Crippen molar-refractivity contribution >= 4 is 73.3 Å². The van der Waals surface area contributed by atoms with Crippen LogP contribution in [0.5, 0.6) is 0 Å². The summed E-state index contributed by atoms with van der Waals surface area (Å²) in [6.45, 7) is 4.52. The van der Waals surface area contributed by atoms with Gasteiger partial charge in [0.05, 0.1) is 5.52 Å². The highest BCUT2D eigenvalue weighted by Gasteiger charge is 2.29. The van der Waals surface area contributed by atoms with Crippen molar-refractivity contribution in [2.45, 2.75) is 39.5 Å². The maximum Gasteiger partial charge on any atom is 0.227 e. The van der Waals surface area contributed by atoms with Crippen molar-refractivity contribution in [3.05, 3.63) is 145 Å². The minimum absolute atomic E-state index is 0.634. The average Bonchev–Trinajstić information content (AvgIpc) is 3.75. The van der Waals surface area contributed by atoms with Gasteiger partial charge in [-0.2, -0.15) is 0 Å². The fraction of sp³-hybridized carbons (Fsp3) is 0.128. The van der Waals surface area contributed by atoms with Gasteiger partial charge in [0.25, 0.3) is 0 Å². The molecule has 0 saturated carbocycles. The van der Waals surface area contributed by atoms with Crippen LogP contribution in [0.3, 0.4) is 0 Å². The Morgan fingerprint density at radius 1 is 0.750 bits per heavy atom. The van der Waals surface area contributed by atoms with Gasteiger partial charge in [-0.25, -0.2) is 4.98 Å². The normalized spacial score (nSPS) is 12.1. The molecule has 3 heterocycles. The van der Waals surface area contributed by atoms with Gasteiger partial charge in [0, 0.05) is 50.5 Å². The standard InChI is InChI=1S/C47H37BN3O/c1-3-4-6-13-30-20-22-34(23-21-30)49-39-19-12-11-18-35(39)36-24-29(2)44-37-25-32-16-9-10-17-33(32)26-41(37)51-42-28-43-40(27-38(42)48-45(36)46(44)51)50-47(52-43)31-14-7-5-8-15-31/h5,7-12,14-28,49H,3-4,6,13H2,1-2H3. The van der Waals surface area contributed by atoms with Gasteiger partial charge < -0.3 is 14.3 Å². The number of aryl methyl sites for hydroxylation is 2. The molecule has 52 heavy (non-hydrogen) atoms. The van der Waals surface area contributed by atoms with Gasteiger partial charge in [-0.05, 0) is 101 Å². The highest BCUT2D eigenvalue weighted by atomic mass is 16.3. The van der Waals surface area contributed by atoms with Crippen LogP contribution in [0, 0.1) is 6.92 Å². The molecular formula is C47H37BN3O. The first-order valence-electron chi connectivity index (χ1n) is 18.4. The van der Waals surface area contributed by atoms with E-state index < -0.39 is 0 Å². The molecule has 0 saturated heterocycles. The summed E-state index contributed by atoms with van der Waals surface area (Å²) in [7, 11) is 2.36. The van der Waals surface area contributed by atoms with E-state index in [2.05, 4.69) is 134 Å². The minimum atomic E-state index is 0.634. The van der Waals surface area contributed by atoms with Gasteiger partial charge in [0.15, 0.2) is 12.9 Å². The molecule has 0 fully saturated rings. The predicted octanol–water partition coefficient (Wildman–Crippen LogP) is 11.2. The number of benzene rings is 7. The fourth-order valence-corrected chi connectivity index (χ4v) is 8.21. The molecule has 1 N–H and O–H groups in total. The van der Waals surface area contributed by atoms with Crippen molar-refractivity contribution in [3.63, 3.8) is 0 Å². The Kier molecular flexibility index (Phi) is 7.28. The zero-order valence-electron chi connectivity index (χ0n) is 29.4. The van der Waals surface area contributed by atoms with Crippen molar-refractivity contribution in [2.75, 3.05) is 5.32 Å². The molecule has 249 valence electrons. The molecule has 1 aliphatic heterocycles. The molecule has 1 radical (unpaired) electrons. The Morgan fingerprint density at radius 2 is 1.52 bits per heavy atom. The summed E-state index contributed by atoms with van der Waals surface area (Å²) in [6.07, 6.45) is 4.88. The first kappa shape index (κ1) is 30.7. The van der Waals surface area contributed by atoms with Gasteiger partial charge in [0.2, 0.25) is 5.89 Å². The molecule has 0 amide bonds. The Morgan fingerprint density at radius 3 is 2.35 bits per heavy atom. The van der Waals surface area contributed by atoms with Crippen molar-refractivity contribution in [1.82, 2.24) is 9.55 Å². The number of para-hydroxylation sites is 1. The number of nitrogens with zero attached hydrogens (tertiary/aromatic N) is 2. The van der Waals surface area contributed by atoms with Gasteiger partial charge >= 0.3 is 0 Å². The quantitative estimate of drug-likeness (QED) is 0.129. The SMILES string of the molecule is CCCCCc1ccc(Nc2ccccc2-c2cc(C)c3c4cc5ccccc5cc4n4c3c2[B]c2cc3nc(-c5ccccc5)oc3cc2-4)cc1. The highest BCUT2D eigenvalue weighted by molar-refractivity contribution is 6.73. The Hall–Kier alpha value is -6.07. The second kappa shape index (κ2) is 12.3. The number of aromatic nitrogens is 2. The molecule has 9 aromatic rings. The molecular weight excluding hydrogens is 633 g/mol. The summed E-state index contributed by atoms with van der Waals surface area (Å²) >= 11 is 0. The number of fused-ring (bicyclic) bond motifs is 7. The smallest absolute Gasteiger partial charge is 0.227 e. The van der Waals surface area contributed by atoms with Gasteiger partial charge in [-0.1, -0.05) is 104 Å². The summed E-state index contributed by atoms with van der Waals surface area (Å²) in [5, 5.41) is 8.79. The van der Waals surface area contributed by atoms with Crippen LogP contribution in [0.4, 0.5) is 11.4 Å². The highest BCUT2D eigenvalue weighted by Crippen LogP contribution is 2.41. The molecule has 7 aromatic carbocycles. The van der Waals surface area contributed by atoms with E-state index in [1.165, 1.54) is 79.6 Å². The van der Waals surface area contributed by atoms with Gasteiger partial charge in [-0.3, -0.25) is 0 Å². The molecule has 0 bridgehead atoms. The first-order valence-corrected chi connectivity index (χ1v) is 18.4. The van der Waals surface area contributed by atoms with E-state index in [1.54, 1.807) is 0 Å². The van der Waals surface area contributed by atoms with E-state index >= 15 is 0 Å². The lowest BCUT2D eigenvalue weighted by molar-refractivity contribution is 0.619. The van der Waals surface area contributed by atoms with Gasteiger partial charge in [-0.15, -0.1) is 0 Å². The van der Waals surface area contributed by atoms with Crippen LogP contribution in [0.1, 0.15) is 37.3 Å². The Balaban J connectivity index is 1.18. The zero-order valence-corrected chi connectivity index (χ0v) is 29.4. The predicted molar refractivity (Wildman–Crippen MR) is 219 cm³/mol. The van der Waals surface area contributed by atoms with Crippen LogP contribution in [0.25, 0.3) is 71.9 Å². The third-order valence-electron chi connectivity index (χ3n) is 10.8. The molecule has 10 rings (SSSR count). The molecule has 1 aliphatic rings. The van der Waals surface area contributed by atoms with Crippen molar-refractivity contribution in [3.8, 4) is 28.3 Å². The van der Waals surface area contributed by atoms with Crippen LogP contribution in [0.2, 0.25) is 0 Å². The molecule has 2 aromatic heterocycles. The number of oxazole rings is 1. The molecule has 0 aliphatic carbocycles. The Bertz CT molecular complexity index is 2810. The van der Waals surface area contributed by atoms with E-state index in [1.807, 2.05) is 30.3 Å². The molecule has 0 spiro atoms. The van der Waals surface area contributed by atoms with E-state index in [9.17, 15) is 0 Å². The molecule has 4 nitrogen and oxygen atoms in total. The lowest BCUT2D eigenvalue weighted by Gasteiger charge is -2.24. The number of nitrogens with one attached hydrogen (secondary N) is 1. The number of unbranched alkanes of at least 4 members (excludes halogenated alkanes) is 2. The average molecular weight is 671 g/mol. The second-order valence-electron chi connectivity index (χ2n) is 14.2. The number of hydrogen-bond donors (Lipinski definition) is 1. The van der Waals surface area contributed by atoms with Crippen LogP contribution in [0.15, 0.2) is 138 Å². The van der Waals surface area contributed by atoms with Crippen LogP contribution < -0.4 is 16.2 Å². The van der Waals surface area contributed by atoms with Crippen molar-refractivity contribution in [2.24, 2.45) is 0 Å². The van der Waals surface area contributed by atoms with E-state index in [0.29, 0.717) is 5.89 Å². The van der Waals surface area contributed by atoms with E-state index in [0.717, 1.165) is 45.6 Å². The van der Waals surface area contributed by atoms with Crippen LogP contribution in [-0.4, -0.2) is 16.8 Å². The Labute approximate surface area is 304 Å². The van der Waals surface area contributed by atoms with Crippen LogP contribution >= 0.6 is 0 Å². The molecule has 5 heteroatoms.